The number of ketones is 1. The molecule has 0 aliphatic carbocycles. The van der Waals surface area contributed by atoms with Gasteiger partial charge < -0.3 is 20.2 Å². The van der Waals surface area contributed by atoms with Crippen molar-refractivity contribution in [1.29, 1.82) is 0 Å². The van der Waals surface area contributed by atoms with Crippen molar-refractivity contribution in [1.82, 2.24) is 10.6 Å². The molecule has 0 spiro atoms. The number of urea groups is 1. The Bertz CT molecular complexity index is 1210. The van der Waals surface area contributed by atoms with Crippen LogP contribution in [0.4, 0.5) is 22.4 Å². The van der Waals surface area contributed by atoms with Crippen LogP contribution in [-0.4, -0.2) is 28.8 Å². The standard InChI is InChI=1S/C22H15ClF4N2O4/c23-13-3-1-2-12(10-13)15-8-9-16(33-15)18-17(19(30)11-4-6-14(24)7-5-11)21(32,22(25,26)27)29-20(31)28-18/h1-10,17-18,32H,(H2,28,29,31)/t17-,18+,21+/m0/s1. The van der Waals surface area contributed by atoms with E-state index in [9.17, 15) is 32.3 Å². The number of hydrogen-bond donors (Lipinski definition) is 3. The minimum atomic E-state index is -5.42. The molecule has 33 heavy (non-hydrogen) atoms. The summed E-state index contributed by atoms with van der Waals surface area (Å²) in [5, 5.41) is 14.6. The summed E-state index contributed by atoms with van der Waals surface area (Å²) in [4.78, 5) is 25.2. The van der Waals surface area contributed by atoms with E-state index >= 15 is 0 Å². The van der Waals surface area contributed by atoms with Crippen LogP contribution in [0.3, 0.4) is 0 Å². The van der Waals surface area contributed by atoms with Gasteiger partial charge in [0.05, 0.1) is 0 Å². The molecular weight excluding hydrogens is 468 g/mol. The van der Waals surface area contributed by atoms with Gasteiger partial charge in [0.15, 0.2) is 5.78 Å². The SMILES string of the molecule is O=C1N[C@H](c2ccc(-c3cccc(Cl)c3)o2)[C@@H](C(=O)c2ccc(F)cc2)[C@@](O)(C(F)(F)F)N1. The molecule has 2 heterocycles. The third-order valence-corrected chi connectivity index (χ3v) is 5.50. The van der Waals surface area contributed by atoms with Crippen molar-refractivity contribution >= 4 is 23.4 Å². The van der Waals surface area contributed by atoms with Crippen molar-refractivity contribution in [2.45, 2.75) is 17.9 Å². The maximum Gasteiger partial charge on any atom is 0.437 e. The Morgan fingerprint density at radius 2 is 1.79 bits per heavy atom. The highest BCUT2D eigenvalue weighted by atomic mass is 35.5. The van der Waals surface area contributed by atoms with Gasteiger partial charge in [-0.2, -0.15) is 13.2 Å². The molecule has 6 nitrogen and oxygen atoms in total. The van der Waals surface area contributed by atoms with Gasteiger partial charge in [-0.25, -0.2) is 9.18 Å². The molecule has 1 aromatic heterocycles. The molecule has 172 valence electrons. The second kappa shape index (κ2) is 8.20. The molecule has 2 amide bonds. The van der Waals surface area contributed by atoms with E-state index in [0.29, 0.717) is 10.6 Å². The van der Waals surface area contributed by atoms with Crippen molar-refractivity contribution in [2.75, 3.05) is 0 Å². The van der Waals surface area contributed by atoms with Crippen LogP contribution in [0, 0.1) is 11.7 Å². The Balaban J connectivity index is 1.81. The smallest absolute Gasteiger partial charge is 0.437 e. The Hall–Kier alpha value is -3.37. The zero-order valence-corrected chi connectivity index (χ0v) is 17.2. The lowest BCUT2D eigenvalue weighted by Gasteiger charge is -2.44. The molecule has 4 rings (SSSR count). The van der Waals surface area contributed by atoms with E-state index in [1.54, 1.807) is 24.3 Å². The van der Waals surface area contributed by atoms with Gasteiger partial charge in [0, 0.05) is 16.1 Å². The number of alkyl halides is 3. The largest absolute Gasteiger partial charge is 0.459 e. The Kier molecular flexibility index (Phi) is 5.67. The number of nitrogens with one attached hydrogen (secondary N) is 2. The van der Waals surface area contributed by atoms with Crippen molar-refractivity contribution in [3.63, 3.8) is 0 Å². The molecule has 0 radical (unpaired) electrons. The fourth-order valence-corrected chi connectivity index (χ4v) is 3.88. The van der Waals surface area contributed by atoms with Crippen LogP contribution >= 0.6 is 11.6 Å². The second-order valence-electron chi connectivity index (χ2n) is 7.40. The van der Waals surface area contributed by atoms with E-state index in [1.807, 2.05) is 0 Å². The average molecular weight is 483 g/mol. The molecule has 11 heteroatoms. The van der Waals surface area contributed by atoms with Gasteiger partial charge in [-0.05, 0) is 48.5 Å². The highest BCUT2D eigenvalue weighted by Gasteiger charge is 2.66. The minimum absolute atomic E-state index is 0.206. The summed E-state index contributed by atoms with van der Waals surface area (Å²) in [5.74, 6) is -4.18. The Labute approximate surface area is 189 Å². The summed E-state index contributed by atoms with van der Waals surface area (Å²) < 4.78 is 60.8. The normalized spacial score (nSPS) is 23.0. The number of carbonyl (C=O) groups excluding carboxylic acids is 2. The maximum atomic E-state index is 13.9. The van der Waals surface area contributed by atoms with Gasteiger partial charge in [0.1, 0.15) is 29.3 Å². The maximum absolute atomic E-state index is 13.9. The topological polar surface area (TPSA) is 91.6 Å². The second-order valence-corrected chi connectivity index (χ2v) is 7.84. The molecule has 0 unspecified atom stereocenters. The predicted octanol–water partition coefficient (Wildman–Crippen LogP) is 4.84. The monoisotopic (exact) mass is 482 g/mol. The van der Waals surface area contributed by atoms with Gasteiger partial charge in [-0.15, -0.1) is 0 Å². The fraction of sp³-hybridized carbons (Fsp3) is 0.182. The van der Waals surface area contributed by atoms with Crippen LogP contribution in [0.15, 0.2) is 65.1 Å². The van der Waals surface area contributed by atoms with Crippen LogP contribution in [0.2, 0.25) is 5.02 Å². The number of carbonyl (C=O) groups is 2. The van der Waals surface area contributed by atoms with Crippen molar-refractivity contribution < 1.29 is 36.7 Å². The molecule has 1 saturated heterocycles. The van der Waals surface area contributed by atoms with E-state index in [1.165, 1.54) is 17.4 Å². The third kappa shape index (κ3) is 4.19. The minimum Gasteiger partial charge on any atom is -0.459 e. The predicted molar refractivity (Wildman–Crippen MR) is 109 cm³/mol. The van der Waals surface area contributed by atoms with Gasteiger partial charge in [0.25, 0.3) is 0 Å². The van der Waals surface area contributed by atoms with Crippen LogP contribution in [0.1, 0.15) is 22.2 Å². The van der Waals surface area contributed by atoms with Crippen LogP contribution in [-0.2, 0) is 0 Å². The molecule has 1 fully saturated rings. The number of rotatable bonds is 4. The van der Waals surface area contributed by atoms with Crippen molar-refractivity contribution in [3.8, 4) is 11.3 Å². The zero-order chi connectivity index (χ0) is 24.0. The van der Waals surface area contributed by atoms with Gasteiger partial charge in [-0.3, -0.25) is 4.79 Å². The first-order valence-electron chi connectivity index (χ1n) is 9.53. The summed E-state index contributed by atoms with van der Waals surface area (Å²) in [6.45, 7) is 0. The lowest BCUT2D eigenvalue weighted by atomic mass is 9.79. The highest BCUT2D eigenvalue weighted by Crippen LogP contribution is 2.44. The van der Waals surface area contributed by atoms with Crippen LogP contribution < -0.4 is 10.6 Å². The van der Waals surface area contributed by atoms with E-state index in [-0.39, 0.29) is 17.1 Å². The van der Waals surface area contributed by atoms with Crippen molar-refractivity contribution in [2.24, 2.45) is 5.92 Å². The summed E-state index contributed by atoms with van der Waals surface area (Å²) in [5.41, 5.74) is -3.72. The van der Waals surface area contributed by atoms with E-state index in [4.69, 9.17) is 16.0 Å². The average Bonchev–Trinajstić information content (AvgIpc) is 3.23. The van der Waals surface area contributed by atoms with E-state index in [0.717, 1.165) is 24.3 Å². The van der Waals surface area contributed by atoms with E-state index < -0.39 is 41.5 Å². The molecule has 3 N–H and O–H groups in total. The summed E-state index contributed by atoms with van der Waals surface area (Å²) in [6, 6.07) is 9.87. The van der Waals surface area contributed by atoms with Crippen molar-refractivity contribution in [3.05, 3.63) is 82.8 Å². The number of Topliss-reactive ketones (excluding diaryl/α,β-unsaturated/α-hetero) is 1. The zero-order valence-electron chi connectivity index (χ0n) is 16.5. The van der Waals surface area contributed by atoms with Gasteiger partial charge in [0.2, 0.25) is 5.72 Å². The summed E-state index contributed by atoms with van der Waals surface area (Å²) in [7, 11) is 0. The van der Waals surface area contributed by atoms with Gasteiger partial charge >= 0.3 is 12.2 Å². The molecule has 3 aromatic rings. The number of benzene rings is 2. The summed E-state index contributed by atoms with van der Waals surface area (Å²) in [6.07, 6.45) is -5.42. The number of furan rings is 1. The molecule has 0 bridgehead atoms. The third-order valence-electron chi connectivity index (χ3n) is 5.26. The highest BCUT2D eigenvalue weighted by molar-refractivity contribution is 6.30. The van der Waals surface area contributed by atoms with E-state index in [2.05, 4.69) is 5.32 Å². The molecular formula is C22H15ClF4N2O4. The first-order valence-corrected chi connectivity index (χ1v) is 9.90. The molecule has 3 atom stereocenters. The number of hydrogen-bond acceptors (Lipinski definition) is 4. The molecule has 1 aliphatic rings. The molecule has 0 saturated carbocycles. The number of halogens is 5. The first kappa shape index (κ1) is 22.8. The Morgan fingerprint density at radius 1 is 1.09 bits per heavy atom. The Morgan fingerprint density at radius 3 is 2.42 bits per heavy atom. The lowest BCUT2D eigenvalue weighted by Crippen LogP contribution is -2.72. The molecule has 2 aromatic carbocycles. The van der Waals surface area contributed by atoms with Crippen LogP contribution in [0.25, 0.3) is 11.3 Å². The number of aliphatic hydroxyl groups is 1. The molecule has 1 aliphatic heterocycles. The number of amides is 2. The fourth-order valence-electron chi connectivity index (χ4n) is 3.69. The lowest BCUT2D eigenvalue weighted by molar-refractivity contribution is -0.288. The summed E-state index contributed by atoms with van der Waals surface area (Å²) >= 11 is 5.96. The van der Waals surface area contributed by atoms with Crippen LogP contribution in [0.5, 0.6) is 0 Å². The quantitative estimate of drug-likeness (QED) is 0.366. The first-order chi connectivity index (χ1) is 15.5. The van der Waals surface area contributed by atoms with Gasteiger partial charge in [-0.1, -0.05) is 23.7 Å².